The Bertz CT molecular complexity index is 1410. The first kappa shape index (κ1) is 31.0. The number of Topliss-reactive ketones (excluding diaryl/α,β-unsaturated/α-hetero) is 2. The van der Waals surface area contributed by atoms with E-state index in [0.29, 0.717) is 0 Å². The first-order chi connectivity index (χ1) is 20.1. The van der Waals surface area contributed by atoms with E-state index in [1.807, 2.05) is 0 Å². The summed E-state index contributed by atoms with van der Waals surface area (Å²) in [5.41, 5.74) is -7.90. The van der Waals surface area contributed by atoms with E-state index in [9.17, 15) is 39.3 Å². The first-order valence-electron chi connectivity index (χ1n) is 14.1. The Morgan fingerprint density at radius 3 is 2.23 bits per heavy atom. The molecule has 2 bridgehead atoms. The van der Waals surface area contributed by atoms with Gasteiger partial charge in [0.05, 0.1) is 36.2 Å². The number of ether oxygens (including phenoxy) is 4. The zero-order valence-corrected chi connectivity index (χ0v) is 24.6. The lowest BCUT2D eigenvalue weighted by Crippen LogP contribution is -2.83. The van der Waals surface area contributed by atoms with Gasteiger partial charge in [0.1, 0.15) is 17.8 Å². The number of esters is 3. The first-order valence-corrected chi connectivity index (χ1v) is 14.1. The number of rotatable bonds is 5. The Kier molecular flexibility index (Phi) is 7.44. The molecule has 3 fully saturated rings. The number of ketones is 2. The maximum absolute atomic E-state index is 14.8. The molecule has 12 nitrogen and oxygen atoms in total. The van der Waals surface area contributed by atoms with Crippen LogP contribution in [0.2, 0.25) is 0 Å². The number of aliphatic hydroxyl groups excluding tert-OH is 2. The van der Waals surface area contributed by atoms with Crippen LogP contribution in [0.1, 0.15) is 57.8 Å². The van der Waals surface area contributed by atoms with Crippen molar-refractivity contribution in [3.63, 3.8) is 0 Å². The van der Waals surface area contributed by atoms with E-state index >= 15 is 0 Å². The molecule has 0 spiro atoms. The minimum Gasteiger partial charge on any atom is -0.455 e. The summed E-state index contributed by atoms with van der Waals surface area (Å²) in [6, 6.07) is 7.80. The van der Waals surface area contributed by atoms with Gasteiger partial charge in [-0.25, -0.2) is 4.79 Å². The van der Waals surface area contributed by atoms with Crippen LogP contribution >= 0.6 is 0 Å². The second-order valence-electron chi connectivity index (χ2n) is 12.5. The molecule has 4 aliphatic rings. The monoisotopic (exact) mass is 600 g/mol. The zero-order chi connectivity index (χ0) is 31.7. The fraction of sp³-hybridized carbons (Fsp3) is 0.581. The molecule has 8 atom stereocenters. The molecule has 232 valence electrons. The average Bonchev–Trinajstić information content (AvgIpc) is 2.93. The van der Waals surface area contributed by atoms with Gasteiger partial charge in [-0.1, -0.05) is 32.0 Å². The van der Waals surface area contributed by atoms with Crippen molar-refractivity contribution >= 4 is 29.5 Å². The summed E-state index contributed by atoms with van der Waals surface area (Å²) in [6.07, 6.45) is -7.22. The number of benzene rings is 1. The molecule has 0 amide bonds. The minimum atomic E-state index is -2.32. The fourth-order valence-electron chi connectivity index (χ4n) is 7.81. The molecule has 0 unspecified atom stereocenters. The number of allylic oxidation sites excluding steroid dienone is 1. The van der Waals surface area contributed by atoms with E-state index in [2.05, 4.69) is 0 Å². The van der Waals surface area contributed by atoms with Crippen molar-refractivity contribution in [2.24, 2.45) is 16.7 Å². The van der Waals surface area contributed by atoms with Gasteiger partial charge in [0.15, 0.2) is 23.3 Å². The number of aliphatic hydroxyl groups is 3. The third-order valence-corrected chi connectivity index (χ3v) is 10.0. The van der Waals surface area contributed by atoms with Gasteiger partial charge in [0.25, 0.3) is 0 Å². The second-order valence-corrected chi connectivity index (χ2v) is 12.5. The zero-order valence-electron chi connectivity index (χ0n) is 24.6. The van der Waals surface area contributed by atoms with E-state index in [1.54, 1.807) is 18.2 Å². The molecule has 43 heavy (non-hydrogen) atoms. The quantitative estimate of drug-likeness (QED) is 0.320. The summed E-state index contributed by atoms with van der Waals surface area (Å²) < 4.78 is 23.2. The Hall–Kier alpha value is -3.45. The van der Waals surface area contributed by atoms with Crippen LogP contribution in [0.4, 0.5) is 0 Å². The highest BCUT2D eigenvalue weighted by Gasteiger charge is 2.79. The summed E-state index contributed by atoms with van der Waals surface area (Å²) in [7, 11) is 0. The van der Waals surface area contributed by atoms with E-state index < -0.39 is 94.9 Å². The van der Waals surface area contributed by atoms with Gasteiger partial charge in [-0.15, -0.1) is 0 Å². The molecule has 0 aromatic heterocycles. The molecule has 1 heterocycles. The molecule has 3 N–H and O–H groups in total. The molecule has 1 saturated heterocycles. The highest BCUT2D eigenvalue weighted by Crippen LogP contribution is 2.63. The van der Waals surface area contributed by atoms with E-state index in [1.165, 1.54) is 32.9 Å². The summed E-state index contributed by atoms with van der Waals surface area (Å²) in [4.78, 5) is 67.1. The molecule has 1 aromatic rings. The Morgan fingerprint density at radius 1 is 1.05 bits per heavy atom. The van der Waals surface area contributed by atoms with Gasteiger partial charge in [-0.3, -0.25) is 19.2 Å². The molecule has 12 heteroatoms. The summed E-state index contributed by atoms with van der Waals surface area (Å²) >= 11 is 0. The molecule has 1 aromatic carbocycles. The summed E-state index contributed by atoms with van der Waals surface area (Å²) in [5.74, 6) is -5.85. The third kappa shape index (κ3) is 4.21. The fourth-order valence-corrected chi connectivity index (χ4v) is 7.81. The van der Waals surface area contributed by atoms with Crippen LogP contribution < -0.4 is 0 Å². The average molecular weight is 601 g/mol. The van der Waals surface area contributed by atoms with Gasteiger partial charge in [-0.2, -0.15) is 0 Å². The lowest BCUT2D eigenvalue weighted by Gasteiger charge is -2.67. The van der Waals surface area contributed by atoms with Gasteiger partial charge in [0, 0.05) is 32.1 Å². The van der Waals surface area contributed by atoms with Crippen molar-refractivity contribution in [3.05, 3.63) is 47.0 Å². The SMILES string of the molecule is CC(=O)O[C@H]1C(=O)[C@@]2(CO)[C@H]([C@H](OC(=O)c3ccccc3)[C@]3(O)CC(=O)C(C)=C1C3(C)C)[C@]1(OC(C)=O)CO[C@@H]1C[C@@H]2O. The molecule has 2 saturated carbocycles. The maximum Gasteiger partial charge on any atom is 0.338 e. The van der Waals surface area contributed by atoms with Crippen LogP contribution in [0, 0.1) is 16.7 Å². The highest BCUT2D eigenvalue weighted by atomic mass is 16.6. The van der Waals surface area contributed by atoms with Crippen LogP contribution in [-0.2, 0) is 38.1 Å². The maximum atomic E-state index is 14.8. The summed E-state index contributed by atoms with van der Waals surface area (Å²) in [5, 5.41) is 35.6. The molecular formula is C31H36O12. The van der Waals surface area contributed by atoms with Crippen molar-refractivity contribution in [1.29, 1.82) is 0 Å². The van der Waals surface area contributed by atoms with E-state index in [4.69, 9.17) is 18.9 Å². The predicted molar refractivity (Wildman–Crippen MR) is 145 cm³/mol. The second kappa shape index (κ2) is 10.3. The molecular weight excluding hydrogens is 564 g/mol. The Balaban J connectivity index is 1.87. The standard InChI is InChI=1S/C31H36O12/c1-15-19(35)12-31(39)26(42-27(38)18-9-7-6-8-10-18)24-29(13-32,20(36)11-21-30(24,14-40-21)43-17(3)34)25(37)23(41-16(2)33)22(15)28(31,4)5/h6-10,20-21,23-24,26,32,36,39H,11-14H2,1-5H3/t20-,21+,23+,24-,26-,29+,30-,31+/m0/s1. The van der Waals surface area contributed by atoms with Gasteiger partial charge < -0.3 is 34.3 Å². The topological polar surface area (TPSA) is 183 Å². The highest BCUT2D eigenvalue weighted by molar-refractivity contribution is 6.03. The summed E-state index contributed by atoms with van der Waals surface area (Å²) in [6.45, 7) is 5.29. The van der Waals surface area contributed by atoms with E-state index in [0.717, 1.165) is 13.8 Å². The van der Waals surface area contributed by atoms with Gasteiger partial charge >= 0.3 is 17.9 Å². The van der Waals surface area contributed by atoms with Gasteiger partial charge in [-0.05, 0) is 30.2 Å². The van der Waals surface area contributed by atoms with Crippen LogP contribution in [0.25, 0.3) is 0 Å². The lowest BCUT2D eigenvalue weighted by atomic mass is 9.44. The van der Waals surface area contributed by atoms with Crippen LogP contribution in [0.15, 0.2) is 41.5 Å². The third-order valence-electron chi connectivity index (χ3n) is 10.0. The van der Waals surface area contributed by atoms with E-state index in [-0.39, 0.29) is 29.7 Å². The van der Waals surface area contributed by atoms with Crippen LogP contribution in [0.5, 0.6) is 0 Å². The molecule has 0 radical (unpaired) electrons. The van der Waals surface area contributed by atoms with Gasteiger partial charge in [0.2, 0.25) is 0 Å². The van der Waals surface area contributed by atoms with Crippen molar-refractivity contribution in [1.82, 2.24) is 0 Å². The molecule has 5 rings (SSSR count). The Morgan fingerprint density at radius 2 is 1.70 bits per heavy atom. The number of hydrogen-bond acceptors (Lipinski definition) is 12. The van der Waals surface area contributed by atoms with Crippen molar-refractivity contribution < 1.29 is 58.2 Å². The minimum absolute atomic E-state index is 0.0424. The number of carbonyl (C=O) groups excluding carboxylic acids is 5. The number of fused-ring (bicyclic) bond motifs is 5. The van der Waals surface area contributed by atoms with Crippen molar-refractivity contribution in [2.45, 2.75) is 83.1 Å². The smallest absolute Gasteiger partial charge is 0.338 e. The normalized spacial score (nSPS) is 38.0. The van der Waals surface area contributed by atoms with Crippen molar-refractivity contribution in [2.75, 3.05) is 13.2 Å². The number of carbonyl (C=O) groups is 5. The Labute approximate surface area is 247 Å². The number of hydrogen-bond donors (Lipinski definition) is 3. The van der Waals surface area contributed by atoms with Crippen molar-refractivity contribution in [3.8, 4) is 0 Å². The lowest BCUT2D eigenvalue weighted by molar-refractivity contribution is -0.349. The predicted octanol–water partition coefficient (Wildman–Crippen LogP) is 0.833. The van der Waals surface area contributed by atoms with Crippen LogP contribution in [0.3, 0.4) is 0 Å². The van der Waals surface area contributed by atoms with Crippen LogP contribution in [-0.4, -0.2) is 93.6 Å². The molecule has 1 aliphatic heterocycles. The molecule has 3 aliphatic carbocycles. The largest absolute Gasteiger partial charge is 0.455 e.